The SMILES string of the molecule is O=C(Cc1ccc2c(c1)OCCO2)N1CCN(C(=O)N2CCCCC2)CC1. The zero-order valence-corrected chi connectivity index (χ0v) is 15.7. The van der Waals surface area contributed by atoms with Gasteiger partial charge in [-0.15, -0.1) is 0 Å². The van der Waals surface area contributed by atoms with E-state index in [1.165, 1.54) is 6.42 Å². The molecule has 1 aromatic rings. The van der Waals surface area contributed by atoms with E-state index in [4.69, 9.17) is 9.47 Å². The van der Waals surface area contributed by atoms with Crippen LogP contribution in [0.2, 0.25) is 0 Å². The van der Waals surface area contributed by atoms with Gasteiger partial charge in [0.2, 0.25) is 5.91 Å². The van der Waals surface area contributed by atoms with Gasteiger partial charge in [0, 0.05) is 39.3 Å². The van der Waals surface area contributed by atoms with Crippen molar-refractivity contribution >= 4 is 11.9 Å². The second-order valence-electron chi connectivity index (χ2n) is 7.35. The number of amides is 3. The van der Waals surface area contributed by atoms with Gasteiger partial charge in [-0.25, -0.2) is 4.79 Å². The number of carbonyl (C=O) groups excluding carboxylic acids is 2. The lowest BCUT2D eigenvalue weighted by Gasteiger charge is -2.38. The van der Waals surface area contributed by atoms with Crippen LogP contribution >= 0.6 is 0 Å². The maximum atomic E-state index is 12.7. The van der Waals surface area contributed by atoms with Gasteiger partial charge in [0.15, 0.2) is 11.5 Å². The Morgan fingerprint density at radius 3 is 2.15 bits per heavy atom. The fourth-order valence-electron chi connectivity index (χ4n) is 3.92. The Hall–Kier alpha value is -2.44. The second-order valence-corrected chi connectivity index (χ2v) is 7.35. The Kier molecular flexibility index (Phi) is 5.36. The van der Waals surface area contributed by atoms with Gasteiger partial charge in [0.05, 0.1) is 6.42 Å². The number of nitrogens with zero attached hydrogens (tertiary/aromatic N) is 3. The average Bonchev–Trinajstić information content (AvgIpc) is 2.74. The highest BCUT2D eigenvalue weighted by molar-refractivity contribution is 5.80. The van der Waals surface area contributed by atoms with Crippen LogP contribution in [0.1, 0.15) is 24.8 Å². The summed E-state index contributed by atoms with van der Waals surface area (Å²) in [5.41, 5.74) is 0.927. The van der Waals surface area contributed by atoms with Gasteiger partial charge in [-0.3, -0.25) is 4.79 Å². The van der Waals surface area contributed by atoms with Gasteiger partial charge >= 0.3 is 6.03 Å². The number of likely N-dealkylation sites (tertiary alicyclic amines) is 1. The van der Waals surface area contributed by atoms with Crippen LogP contribution in [0.15, 0.2) is 18.2 Å². The molecule has 0 bridgehead atoms. The van der Waals surface area contributed by atoms with Crippen molar-refractivity contribution < 1.29 is 19.1 Å². The second kappa shape index (κ2) is 8.06. The standard InChI is InChI=1S/C20H27N3O4/c24-19(15-16-4-5-17-18(14-16)27-13-12-26-17)21-8-10-23(11-9-21)20(25)22-6-2-1-3-7-22/h4-5,14H,1-3,6-13,15H2. The summed E-state index contributed by atoms with van der Waals surface area (Å²) in [6.45, 7) is 5.25. The normalized spacial score (nSPS) is 19.8. The molecule has 146 valence electrons. The van der Waals surface area contributed by atoms with Crippen LogP contribution in [0.4, 0.5) is 4.79 Å². The number of piperazine rings is 1. The third-order valence-electron chi connectivity index (χ3n) is 5.49. The van der Waals surface area contributed by atoms with Gasteiger partial charge in [0.1, 0.15) is 13.2 Å². The molecule has 0 unspecified atom stereocenters. The minimum absolute atomic E-state index is 0.0942. The number of rotatable bonds is 2. The van der Waals surface area contributed by atoms with Crippen LogP contribution in [-0.4, -0.2) is 79.1 Å². The summed E-state index contributed by atoms with van der Waals surface area (Å²) >= 11 is 0. The van der Waals surface area contributed by atoms with Crippen molar-refractivity contribution in [2.45, 2.75) is 25.7 Å². The molecule has 0 aliphatic carbocycles. The quantitative estimate of drug-likeness (QED) is 0.792. The highest BCUT2D eigenvalue weighted by Crippen LogP contribution is 2.31. The first-order valence-corrected chi connectivity index (χ1v) is 9.91. The van der Waals surface area contributed by atoms with Gasteiger partial charge in [-0.1, -0.05) is 6.07 Å². The molecular weight excluding hydrogens is 346 g/mol. The molecule has 3 amide bonds. The minimum atomic E-state index is 0.0942. The highest BCUT2D eigenvalue weighted by atomic mass is 16.6. The van der Waals surface area contributed by atoms with E-state index in [9.17, 15) is 9.59 Å². The third kappa shape index (κ3) is 4.12. The number of urea groups is 1. The van der Waals surface area contributed by atoms with Crippen molar-refractivity contribution in [3.63, 3.8) is 0 Å². The summed E-state index contributed by atoms with van der Waals surface area (Å²) < 4.78 is 11.1. The molecule has 3 aliphatic heterocycles. The van der Waals surface area contributed by atoms with Gasteiger partial charge in [-0.05, 0) is 37.0 Å². The molecule has 0 radical (unpaired) electrons. The molecule has 2 saturated heterocycles. The molecule has 7 heteroatoms. The first-order valence-electron chi connectivity index (χ1n) is 9.91. The van der Waals surface area contributed by atoms with Crippen LogP contribution in [0.5, 0.6) is 11.5 Å². The first kappa shape index (κ1) is 17.9. The molecule has 0 saturated carbocycles. The molecule has 3 heterocycles. The molecule has 0 N–H and O–H groups in total. The van der Waals surface area contributed by atoms with Crippen molar-refractivity contribution in [3.05, 3.63) is 23.8 Å². The number of fused-ring (bicyclic) bond motifs is 1. The van der Waals surface area contributed by atoms with E-state index in [1.54, 1.807) is 0 Å². The average molecular weight is 373 g/mol. The van der Waals surface area contributed by atoms with Crippen LogP contribution in [-0.2, 0) is 11.2 Å². The predicted octanol–water partition coefficient (Wildman–Crippen LogP) is 1.75. The van der Waals surface area contributed by atoms with Crippen LogP contribution < -0.4 is 9.47 Å². The first-order chi connectivity index (χ1) is 13.2. The van der Waals surface area contributed by atoms with Crippen molar-refractivity contribution in [1.82, 2.24) is 14.7 Å². The number of hydrogen-bond acceptors (Lipinski definition) is 4. The highest BCUT2D eigenvalue weighted by Gasteiger charge is 2.28. The van der Waals surface area contributed by atoms with E-state index in [0.29, 0.717) is 51.6 Å². The Morgan fingerprint density at radius 1 is 0.778 bits per heavy atom. The lowest BCUT2D eigenvalue weighted by Crippen LogP contribution is -2.54. The molecule has 0 atom stereocenters. The Balaban J connectivity index is 1.29. The van der Waals surface area contributed by atoms with Crippen molar-refractivity contribution in [2.24, 2.45) is 0 Å². The van der Waals surface area contributed by atoms with Gasteiger partial charge in [0.25, 0.3) is 0 Å². The van der Waals surface area contributed by atoms with E-state index in [-0.39, 0.29) is 11.9 Å². The summed E-state index contributed by atoms with van der Waals surface area (Å²) in [5, 5.41) is 0. The molecule has 27 heavy (non-hydrogen) atoms. The van der Waals surface area contributed by atoms with E-state index < -0.39 is 0 Å². The maximum absolute atomic E-state index is 12.7. The smallest absolute Gasteiger partial charge is 0.320 e. The summed E-state index contributed by atoms with van der Waals surface area (Å²) in [4.78, 5) is 30.9. The maximum Gasteiger partial charge on any atom is 0.320 e. The summed E-state index contributed by atoms with van der Waals surface area (Å²) in [6, 6.07) is 5.81. The van der Waals surface area contributed by atoms with Gasteiger partial charge < -0.3 is 24.2 Å². The lowest BCUT2D eigenvalue weighted by molar-refractivity contribution is -0.131. The van der Waals surface area contributed by atoms with Crippen molar-refractivity contribution in [2.75, 3.05) is 52.5 Å². The topological polar surface area (TPSA) is 62.3 Å². The molecule has 4 rings (SSSR count). The fourth-order valence-corrected chi connectivity index (χ4v) is 3.92. The number of piperidine rings is 1. The zero-order valence-electron chi connectivity index (χ0n) is 15.7. The molecule has 3 aliphatic rings. The van der Waals surface area contributed by atoms with Crippen LogP contribution in [0, 0.1) is 0 Å². The molecule has 7 nitrogen and oxygen atoms in total. The number of hydrogen-bond donors (Lipinski definition) is 0. The third-order valence-corrected chi connectivity index (χ3v) is 5.49. The number of ether oxygens (including phenoxy) is 2. The van der Waals surface area contributed by atoms with Crippen molar-refractivity contribution in [1.29, 1.82) is 0 Å². The molecular formula is C20H27N3O4. The summed E-state index contributed by atoms with van der Waals surface area (Å²) in [6.07, 6.45) is 3.75. The van der Waals surface area contributed by atoms with E-state index in [0.717, 1.165) is 37.2 Å². The zero-order chi connectivity index (χ0) is 18.6. The van der Waals surface area contributed by atoms with E-state index >= 15 is 0 Å². The number of benzene rings is 1. The Labute approximate surface area is 159 Å². The molecule has 1 aromatic carbocycles. The Morgan fingerprint density at radius 2 is 1.41 bits per heavy atom. The Bertz CT molecular complexity index is 694. The minimum Gasteiger partial charge on any atom is -0.486 e. The molecule has 0 spiro atoms. The summed E-state index contributed by atoms with van der Waals surface area (Å²) in [7, 11) is 0. The molecule has 0 aromatic heterocycles. The monoisotopic (exact) mass is 373 g/mol. The van der Waals surface area contributed by atoms with Crippen LogP contribution in [0.25, 0.3) is 0 Å². The largest absolute Gasteiger partial charge is 0.486 e. The lowest BCUT2D eigenvalue weighted by atomic mass is 10.1. The van der Waals surface area contributed by atoms with E-state index in [1.807, 2.05) is 32.9 Å². The fraction of sp³-hybridized carbons (Fsp3) is 0.600. The van der Waals surface area contributed by atoms with Gasteiger partial charge in [-0.2, -0.15) is 0 Å². The van der Waals surface area contributed by atoms with E-state index in [2.05, 4.69) is 0 Å². The summed E-state index contributed by atoms with van der Waals surface area (Å²) in [5.74, 6) is 1.54. The molecule has 2 fully saturated rings. The predicted molar refractivity (Wildman–Crippen MR) is 100 cm³/mol. The van der Waals surface area contributed by atoms with Crippen molar-refractivity contribution in [3.8, 4) is 11.5 Å². The number of carbonyl (C=O) groups is 2. The van der Waals surface area contributed by atoms with Crippen LogP contribution in [0.3, 0.4) is 0 Å².